The Balaban J connectivity index is 1.54. The van der Waals surface area contributed by atoms with Gasteiger partial charge in [0.2, 0.25) is 0 Å². The number of aliphatic hydroxyl groups excluding tert-OH is 5. The van der Waals surface area contributed by atoms with Crippen molar-refractivity contribution in [3.05, 3.63) is 0 Å². The average molecular weight is 439 g/mol. The summed E-state index contributed by atoms with van der Waals surface area (Å²) in [7, 11) is 0. The molecule has 0 aliphatic heterocycles. The predicted octanol–water partition coefficient (Wildman–Crippen LogP) is 3.11. The summed E-state index contributed by atoms with van der Waals surface area (Å²) in [5.74, 6) is 2.09. The van der Waals surface area contributed by atoms with E-state index in [1.165, 1.54) is 0 Å². The van der Waals surface area contributed by atoms with Gasteiger partial charge in [0.25, 0.3) is 0 Å². The second-order valence-electron chi connectivity index (χ2n) is 12.2. The molecule has 0 aromatic heterocycles. The third kappa shape index (κ3) is 3.90. The molecular weight excluding hydrogens is 392 g/mol. The first-order chi connectivity index (χ1) is 14.6. The molecule has 4 rings (SSSR count). The van der Waals surface area contributed by atoms with Crippen LogP contribution in [0.1, 0.15) is 85.0 Å². The lowest BCUT2D eigenvalue weighted by Gasteiger charge is -2.63. The molecule has 0 amide bonds. The highest BCUT2D eigenvalue weighted by Crippen LogP contribution is 2.68. The van der Waals surface area contributed by atoms with E-state index in [2.05, 4.69) is 20.8 Å². The second kappa shape index (κ2) is 8.87. The van der Waals surface area contributed by atoms with Crippen LogP contribution in [0, 0.1) is 46.3 Å². The lowest BCUT2D eigenvalue weighted by Crippen LogP contribution is -2.62. The minimum absolute atomic E-state index is 0.0230. The first kappa shape index (κ1) is 23.9. The minimum Gasteiger partial charge on any atom is -0.396 e. The smallest absolute Gasteiger partial charge is 0.0602 e. The standard InChI is InChI=1S/C26H46O5/c1-15(4-5-17(28)9-11-27)19-6-7-20-24-21(14-23(31)26(19,20)3)25(2)10-8-18(29)12-16(25)13-22(24)30/h15-24,27-31H,4-14H2,1-3H3/t15-,16+,17-,18-,19-,20-,21+,22-,23+,24+,25+,26-/m1/s1. The van der Waals surface area contributed by atoms with Crippen molar-refractivity contribution in [2.45, 2.75) is 109 Å². The van der Waals surface area contributed by atoms with E-state index in [4.69, 9.17) is 5.11 Å². The van der Waals surface area contributed by atoms with Crippen LogP contribution in [0.2, 0.25) is 0 Å². The summed E-state index contributed by atoms with van der Waals surface area (Å²) in [5, 5.41) is 52.3. The fourth-order valence-corrected chi connectivity index (χ4v) is 9.08. The molecule has 4 aliphatic carbocycles. The predicted molar refractivity (Wildman–Crippen MR) is 120 cm³/mol. The molecule has 4 fully saturated rings. The maximum atomic E-state index is 11.6. The summed E-state index contributed by atoms with van der Waals surface area (Å²) in [5.41, 5.74) is -0.0651. The normalized spacial score (nSPS) is 51.5. The highest BCUT2D eigenvalue weighted by atomic mass is 16.3. The Kier molecular flexibility index (Phi) is 6.85. The summed E-state index contributed by atoms with van der Waals surface area (Å²) in [6.45, 7) is 6.94. The Hall–Kier alpha value is -0.200. The van der Waals surface area contributed by atoms with Gasteiger partial charge < -0.3 is 25.5 Å². The van der Waals surface area contributed by atoms with Crippen LogP contribution in [-0.4, -0.2) is 56.6 Å². The molecule has 0 bridgehead atoms. The topological polar surface area (TPSA) is 101 Å². The fraction of sp³-hybridized carbons (Fsp3) is 1.00. The quantitative estimate of drug-likeness (QED) is 0.439. The maximum Gasteiger partial charge on any atom is 0.0602 e. The number of hydrogen-bond donors (Lipinski definition) is 5. The van der Waals surface area contributed by atoms with Gasteiger partial charge >= 0.3 is 0 Å². The van der Waals surface area contributed by atoms with Crippen LogP contribution in [-0.2, 0) is 0 Å². The van der Waals surface area contributed by atoms with Gasteiger partial charge in [0.15, 0.2) is 0 Å². The number of fused-ring (bicyclic) bond motifs is 5. The van der Waals surface area contributed by atoms with Gasteiger partial charge in [-0.2, -0.15) is 0 Å². The van der Waals surface area contributed by atoms with Gasteiger partial charge in [0, 0.05) is 6.61 Å². The van der Waals surface area contributed by atoms with Crippen molar-refractivity contribution in [3.8, 4) is 0 Å². The van der Waals surface area contributed by atoms with Crippen LogP contribution in [0.4, 0.5) is 0 Å². The van der Waals surface area contributed by atoms with E-state index in [-0.39, 0.29) is 41.7 Å². The molecule has 180 valence electrons. The van der Waals surface area contributed by atoms with Crippen LogP contribution in [0.25, 0.3) is 0 Å². The molecule has 5 N–H and O–H groups in total. The SMILES string of the molecule is C[C@H](CC[C@@H](O)CCO)[C@H]1CC[C@@H]2[C@@H]3[C@H](O)C[C@@H]4C[C@H](O)CC[C@]4(C)[C@H]3C[C@H](O)[C@@]21C. The van der Waals surface area contributed by atoms with Crippen molar-refractivity contribution in [1.29, 1.82) is 0 Å². The summed E-state index contributed by atoms with van der Waals surface area (Å²) in [6, 6.07) is 0. The van der Waals surface area contributed by atoms with Crippen molar-refractivity contribution in [2.75, 3.05) is 6.61 Å². The van der Waals surface area contributed by atoms with Gasteiger partial charge in [-0.05, 0) is 111 Å². The Morgan fingerprint density at radius 3 is 2.35 bits per heavy atom. The zero-order valence-corrected chi connectivity index (χ0v) is 19.8. The van der Waals surface area contributed by atoms with E-state index in [1.54, 1.807) is 0 Å². The summed E-state index contributed by atoms with van der Waals surface area (Å²) >= 11 is 0. The van der Waals surface area contributed by atoms with E-state index in [9.17, 15) is 20.4 Å². The minimum atomic E-state index is -0.447. The van der Waals surface area contributed by atoms with Gasteiger partial charge in [0.05, 0.1) is 24.4 Å². The molecule has 0 saturated heterocycles. The van der Waals surface area contributed by atoms with Crippen molar-refractivity contribution in [2.24, 2.45) is 46.3 Å². The Bertz CT molecular complexity index is 627. The zero-order valence-electron chi connectivity index (χ0n) is 19.8. The highest BCUT2D eigenvalue weighted by Gasteiger charge is 2.65. The van der Waals surface area contributed by atoms with Crippen LogP contribution in [0.3, 0.4) is 0 Å². The van der Waals surface area contributed by atoms with Gasteiger partial charge in [-0.15, -0.1) is 0 Å². The Labute approximate surface area is 188 Å². The first-order valence-corrected chi connectivity index (χ1v) is 13.0. The Morgan fingerprint density at radius 1 is 0.903 bits per heavy atom. The second-order valence-corrected chi connectivity index (χ2v) is 12.2. The van der Waals surface area contributed by atoms with Gasteiger partial charge in [0.1, 0.15) is 0 Å². The molecule has 31 heavy (non-hydrogen) atoms. The van der Waals surface area contributed by atoms with Crippen molar-refractivity contribution in [3.63, 3.8) is 0 Å². The number of aliphatic hydroxyl groups is 5. The van der Waals surface area contributed by atoms with Crippen molar-refractivity contribution >= 4 is 0 Å². The zero-order chi connectivity index (χ0) is 22.6. The first-order valence-electron chi connectivity index (χ1n) is 13.0. The number of rotatable bonds is 6. The molecule has 0 radical (unpaired) electrons. The third-order valence-electron chi connectivity index (χ3n) is 10.9. The molecule has 5 nitrogen and oxygen atoms in total. The summed E-state index contributed by atoms with van der Waals surface area (Å²) in [4.78, 5) is 0. The van der Waals surface area contributed by atoms with E-state index < -0.39 is 6.10 Å². The largest absolute Gasteiger partial charge is 0.396 e. The fourth-order valence-electron chi connectivity index (χ4n) is 9.08. The van der Waals surface area contributed by atoms with E-state index >= 15 is 0 Å². The van der Waals surface area contributed by atoms with Crippen LogP contribution in [0.15, 0.2) is 0 Å². The molecular formula is C26H46O5. The lowest BCUT2D eigenvalue weighted by atomic mass is 9.43. The molecule has 5 heteroatoms. The summed E-state index contributed by atoms with van der Waals surface area (Å²) in [6.07, 6.45) is 7.06. The molecule has 4 saturated carbocycles. The van der Waals surface area contributed by atoms with Crippen LogP contribution >= 0.6 is 0 Å². The molecule has 0 aromatic rings. The van der Waals surface area contributed by atoms with Gasteiger partial charge in [-0.25, -0.2) is 0 Å². The van der Waals surface area contributed by atoms with E-state index in [0.29, 0.717) is 42.4 Å². The van der Waals surface area contributed by atoms with Crippen molar-refractivity contribution in [1.82, 2.24) is 0 Å². The molecule has 12 atom stereocenters. The monoisotopic (exact) mass is 438 g/mol. The van der Waals surface area contributed by atoms with Crippen LogP contribution in [0.5, 0.6) is 0 Å². The average Bonchev–Trinajstić information content (AvgIpc) is 3.07. The molecule has 0 aromatic carbocycles. The summed E-state index contributed by atoms with van der Waals surface area (Å²) < 4.78 is 0. The highest BCUT2D eigenvalue weighted by molar-refractivity contribution is 5.14. The van der Waals surface area contributed by atoms with Crippen LogP contribution < -0.4 is 0 Å². The lowest BCUT2D eigenvalue weighted by molar-refractivity contribution is -0.207. The Morgan fingerprint density at radius 2 is 1.65 bits per heavy atom. The van der Waals surface area contributed by atoms with E-state index in [0.717, 1.165) is 51.4 Å². The molecule has 0 unspecified atom stereocenters. The molecule has 0 heterocycles. The van der Waals surface area contributed by atoms with E-state index in [1.807, 2.05) is 0 Å². The maximum absolute atomic E-state index is 11.6. The molecule has 0 spiro atoms. The van der Waals surface area contributed by atoms with Gasteiger partial charge in [-0.1, -0.05) is 20.8 Å². The third-order valence-corrected chi connectivity index (χ3v) is 10.9. The molecule has 4 aliphatic rings. The number of hydrogen-bond acceptors (Lipinski definition) is 5. The van der Waals surface area contributed by atoms with Gasteiger partial charge in [-0.3, -0.25) is 0 Å². The van der Waals surface area contributed by atoms with Crippen molar-refractivity contribution < 1.29 is 25.5 Å².